The standard InChI is InChI=1S/C17H26N2O3S.C2HF3O2/c1-21-8-6-18-5-4-17(12-18)13-19(7-9-22-14-17)16(20)11-15-3-2-10-23-15;3-2(4,5)1(6)7/h2-3,10H,4-9,11-14H2,1H3;(H,6,7). The molecule has 1 unspecified atom stereocenters. The van der Waals surface area contributed by atoms with E-state index in [1.807, 2.05) is 22.4 Å². The lowest BCUT2D eigenvalue weighted by atomic mass is 9.87. The number of hydrogen-bond donors (Lipinski definition) is 1. The summed E-state index contributed by atoms with van der Waals surface area (Å²) in [4.78, 5) is 27.1. The molecule has 0 aliphatic carbocycles. The van der Waals surface area contributed by atoms with Crippen molar-refractivity contribution in [2.75, 3.05) is 59.7 Å². The van der Waals surface area contributed by atoms with Crippen LogP contribution in [0, 0.1) is 5.41 Å². The zero-order valence-electron chi connectivity index (χ0n) is 16.8. The monoisotopic (exact) mass is 452 g/mol. The Bertz CT molecular complexity index is 686. The summed E-state index contributed by atoms with van der Waals surface area (Å²) in [6.45, 7) is 6.73. The lowest BCUT2D eigenvalue weighted by molar-refractivity contribution is -0.192. The summed E-state index contributed by atoms with van der Waals surface area (Å²) in [7, 11) is 1.74. The van der Waals surface area contributed by atoms with Crippen LogP contribution < -0.4 is 0 Å². The Morgan fingerprint density at radius 3 is 2.67 bits per heavy atom. The first kappa shape index (κ1) is 24.6. The van der Waals surface area contributed by atoms with Crippen LogP contribution in [0.1, 0.15) is 11.3 Å². The predicted molar refractivity (Wildman–Crippen MR) is 104 cm³/mol. The summed E-state index contributed by atoms with van der Waals surface area (Å²) in [5.74, 6) is -2.53. The molecule has 1 atom stereocenters. The molecule has 2 saturated heterocycles. The third-order valence-electron chi connectivity index (χ3n) is 5.07. The lowest BCUT2D eigenvalue weighted by Crippen LogP contribution is -2.44. The molecule has 0 radical (unpaired) electrons. The molecule has 1 aromatic heterocycles. The van der Waals surface area contributed by atoms with Crippen molar-refractivity contribution < 1.29 is 37.3 Å². The molecule has 2 aliphatic heterocycles. The van der Waals surface area contributed by atoms with Crippen LogP contribution in [0.4, 0.5) is 13.2 Å². The van der Waals surface area contributed by atoms with Gasteiger partial charge in [-0.2, -0.15) is 13.2 Å². The average Bonchev–Trinajstić information content (AvgIpc) is 3.27. The molecule has 7 nitrogen and oxygen atoms in total. The van der Waals surface area contributed by atoms with Gasteiger partial charge in [-0.25, -0.2) is 4.79 Å². The largest absolute Gasteiger partial charge is 0.490 e. The maximum absolute atomic E-state index is 12.7. The number of carbonyl (C=O) groups excluding carboxylic acids is 1. The molecule has 30 heavy (non-hydrogen) atoms. The molecule has 0 saturated carbocycles. The molecule has 0 aromatic carbocycles. The first-order valence-corrected chi connectivity index (χ1v) is 10.4. The van der Waals surface area contributed by atoms with Crippen LogP contribution in [0.25, 0.3) is 0 Å². The van der Waals surface area contributed by atoms with E-state index in [9.17, 15) is 18.0 Å². The first-order valence-electron chi connectivity index (χ1n) is 9.54. The summed E-state index contributed by atoms with van der Waals surface area (Å²) in [6, 6.07) is 4.04. The van der Waals surface area contributed by atoms with Gasteiger partial charge in [0.05, 0.1) is 26.2 Å². The van der Waals surface area contributed by atoms with Crippen LogP contribution in [0.15, 0.2) is 17.5 Å². The molecule has 2 fully saturated rings. The number of halogens is 3. The molecular formula is C19H27F3N2O5S. The number of nitrogens with zero attached hydrogens (tertiary/aromatic N) is 2. The number of amides is 1. The van der Waals surface area contributed by atoms with Crippen LogP contribution in [0.5, 0.6) is 0 Å². The van der Waals surface area contributed by atoms with Crippen molar-refractivity contribution >= 4 is 23.2 Å². The Kier molecular flexibility index (Phi) is 9.08. The van der Waals surface area contributed by atoms with E-state index in [4.69, 9.17) is 19.4 Å². The maximum Gasteiger partial charge on any atom is 0.490 e. The van der Waals surface area contributed by atoms with Gasteiger partial charge in [-0.15, -0.1) is 11.3 Å². The summed E-state index contributed by atoms with van der Waals surface area (Å²) < 4.78 is 42.8. The summed E-state index contributed by atoms with van der Waals surface area (Å²) in [5, 5.41) is 9.15. The fraction of sp³-hybridized carbons (Fsp3) is 0.684. The van der Waals surface area contributed by atoms with Crippen LogP contribution >= 0.6 is 11.3 Å². The van der Waals surface area contributed by atoms with Crippen molar-refractivity contribution in [2.24, 2.45) is 5.41 Å². The molecule has 170 valence electrons. The van der Waals surface area contributed by atoms with Gasteiger partial charge in [0.15, 0.2) is 0 Å². The van der Waals surface area contributed by atoms with Crippen LogP contribution in [0.2, 0.25) is 0 Å². The SMILES string of the molecule is COCCN1CCC2(COCCN(C(=O)Cc3cccs3)C2)C1.O=C(O)C(F)(F)F. The van der Waals surface area contributed by atoms with Gasteiger partial charge in [0.1, 0.15) is 0 Å². The second-order valence-electron chi connectivity index (χ2n) is 7.45. The Hall–Kier alpha value is -1.69. The van der Waals surface area contributed by atoms with Crippen molar-refractivity contribution in [3.8, 4) is 0 Å². The highest BCUT2D eigenvalue weighted by molar-refractivity contribution is 7.10. The van der Waals surface area contributed by atoms with Gasteiger partial charge in [-0.05, 0) is 24.4 Å². The first-order chi connectivity index (χ1) is 14.1. The van der Waals surface area contributed by atoms with Gasteiger partial charge in [0.2, 0.25) is 5.91 Å². The molecule has 3 rings (SSSR count). The topological polar surface area (TPSA) is 79.3 Å². The third-order valence-corrected chi connectivity index (χ3v) is 5.95. The lowest BCUT2D eigenvalue weighted by Gasteiger charge is -2.32. The van der Waals surface area contributed by atoms with E-state index in [2.05, 4.69) is 4.90 Å². The zero-order chi connectivity index (χ0) is 22.2. The van der Waals surface area contributed by atoms with Gasteiger partial charge in [-0.1, -0.05) is 6.07 Å². The highest BCUT2D eigenvalue weighted by atomic mass is 32.1. The van der Waals surface area contributed by atoms with E-state index in [-0.39, 0.29) is 11.3 Å². The van der Waals surface area contributed by atoms with Gasteiger partial charge >= 0.3 is 12.1 Å². The number of likely N-dealkylation sites (tertiary alicyclic amines) is 1. The number of hydrogen-bond acceptors (Lipinski definition) is 6. The minimum Gasteiger partial charge on any atom is -0.475 e. The summed E-state index contributed by atoms with van der Waals surface area (Å²) in [6.07, 6.45) is -3.47. The third kappa shape index (κ3) is 7.53. The highest BCUT2D eigenvalue weighted by Crippen LogP contribution is 2.33. The zero-order valence-corrected chi connectivity index (χ0v) is 17.6. The van der Waals surface area contributed by atoms with Crippen LogP contribution in [-0.2, 0) is 25.5 Å². The second-order valence-corrected chi connectivity index (χ2v) is 8.48. The number of carboxylic acids is 1. The van der Waals surface area contributed by atoms with E-state index in [0.717, 1.165) is 50.7 Å². The van der Waals surface area contributed by atoms with Crippen LogP contribution in [0.3, 0.4) is 0 Å². The quantitative estimate of drug-likeness (QED) is 0.738. The van der Waals surface area contributed by atoms with Crippen molar-refractivity contribution in [1.29, 1.82) is 0 Å². The van der Waals surface area contributed by atoms with Crippen LogP contribution in [-0.4, -0.2) is 92.6 Å². The molecule has 2 aliphatic rings. The number of aliphatic carboxylic acids is 1. The van der Waals surface area contributed by atoms with Gasteiger partial charge in [-0.3, -0.25) is 4.79 Å². The predicted octanol–water partition coefficient (Wildman–Crippen LogP) is 2.12. The Balaban J connectivity index is 0.000000396. The molecule has 1 spiro atoms. The fourth-order valence-corrected chi connectivity index (χ4v) is 4.26. The van der Waals surface area contributed by atoms with Gasteiger partial charge in [0, 0.05) is 43.6 Å². The van der Waals surface area contributed by atoms with Gasteiger partial charge < -0.3 is 24.4 Å². The van der Waals surface area contributed by atoms with Gasteiger partial charge in [0.25, 0.3) is 0 Å². The molecule has 11 heteroatoms. The molecule has 1 aromatic rings. The minimum absolute atomic E-state index is 0.0926. The van der Waals surface area contributed by atoms with E-state index >= 15 is 0 Å². The van der Waals surface area contributed by atoms with E-state index in [1.165, 1.54) is 0 Å². The highest BCUT2D eigenvalue weighted by Gasteiger charge is 2.42. The Morgan fingerprint density at radius 1 is 1.33 bits per heavy atom. The van der Waals surface area contributed by atoms with Crippen molar-refractivity contribution in [2.45, 2.75) is 19.0 Å². The van der Waals surface area contributed by atoms with E-state index in [1.54, 1.807) is 18.4 Å². The fourth-order valence-electron chi connectivity index (χ4n) is 3.57. The average molecular weight is 452 g/mol. The number of rotatable bonds is 5. The van der Waals surface area contributed by atoms with Crippen molar-refractivity contribution in [3.63, 3.8) is 0 Å². The molecule has 0 bridgehead atoms. The number of methoxy groups -OCH3 is 1. The maximum atomic E-state index is 12.7. The minimum atomic E-state index is -5.08. The van der Waals surface area contributed by atoms with Crippen molar-refractivity contribution in [3.05, 3.63) is 22.4 Å². The number of carbonyl (C=O) groups is 2. The van der Waals surface area contributed by atoms with E-state index in [0.29, 0.717) is 19.6 Å². The number of carboxylic acid groups (broad SMARTS) is 1. The normalized spacial score (nSPS) is 22.5. The second kappa shape index (κ2) is 11.1. The molecule has 1 N–H and O–H groups in total. The number of alkyl halides is 3. The Morgan fingerprint density at radius 2 is 2.07 bits per heavy atom. The Labute approximate surface area is 177 Å². The smallest absolute Gasteiger partial charge is 0.475 e. The van der Waals surface area contributed by atoms with E-state index < -0.39 is 12.1 Å². The number of thiophene rings is 1. The molecular weight excluding hydrogens is 425 g/mol. The van der Waals surface area contributed by atoms with Crippen molar-refractivity contribution in [1.82, 2.24) is 9.80 Å². The number of ether oxygens (including phenoxy) is 2. The molecule has 1 amide bonds. The molecule has 3 heterocycles. The summed E-state index contributed by atoms with van der Waals surface area (Å²) in [5.41, 5.74) is 0.0926. The summed E-state index contributed by atoms with van der Waals surface area (Å²) >= 11 is 1.65.